The lowest BCUT2D eigenvalue weighted by Gasteiger charge is -2.24. The van der Waals surface area contributed by atoms with Crippen molar-refractivity contribution in [3.63, 3.8) is 0 Å². The van der Waals surface area contributed by atoms with Crippen LogP contribution in [0.25, 0.3) is 0 Å². The Labute approximate surface area is 234 Å². The second-order valence-corrected chi connectivity index (χ2v) is 9.46. The first kappa shape index (κ1) is 32.1. The number of benzene rings is 2. The monoisotopic (exact) mass is 555 g/mol. The SMILES string of the molecule is NC(N)=NCCC[C@@H](NC(=O)[C@@H](N)Cc1ccc(O)cc1)C(=O)N[C@@H](Cc1ccccc1)C(=O)NCCCCO. The van der Waals surface area contributed by atoms with Gasteiger partial charge in [-0.1, -0.05) is 42.5 Å². The highest BCUT2D eigenvalue weighted by Crippen LogP contribution is 2.11. The minimum atomic E-state index is -0.993. The van der Waals surface area contributed by atoms with Gasteiger partial charge in [0.05, 0.1) is 6.04 Å². The first-order chi connectivity index (χ1) is 19.2. The highest BCUT2D eigenvalue weighted by molar-refractivity contribution is 5.93. The van der Waals surface area contributed by atoms with Gasteiger partial charge in [0, 0.05) is 26.1 Å². The van der Waals surface area contributed by atoms with Crippen LogP contribution in [0.3, 0.4) is 0 Å². The lowest BCUT2D eigenvalue weighted by molar-refractivity contribution is -0.132. The van der Waals surface area contributed by atoms with Gasteiger partial charge in [-0.25, -0.2) is 0 Å². The van der Waals surface area contributed by atoms with Crippen LogP contribution >= 0.6 is 0 Å². The predicted molar refractivity (Wildman–Crippen MR) is 153 cm³/mol. The number of unbranched alkanes of at least 4 members (excludes halogenated alkanes) is 1. The van der Waals surface area contributed by atoms with Gasteiger partial charge in [-0.05, 0) is 55.4 Å². The Balaban J connectivity index is 2.14. The van der Waals surface area contributed by atoms with Crippen molar-refractivity contribution in [1.29, 1.82) is 0 Å². The fourth-order valence-electron chi connectivity index (χ4n) is 3.93. The van der Waals surface area contributed by atoms with E-state index in [4.69, 9.17) is 22.3 Å². The van der Waals surface area contributed by atoms with E-state index in [0.29, 0.717) is 25.8 Å². The van der Waals surface area contributed by atoms with Gasteiger partial charge in [0.2, 0.25) is 17.7 Å². The molecule has 0 aliphatic heterocycles. The Morgan fingerprint density at radius 3 is 2.10 bits per heavy atom. The maximum atomic E-state index is 13.4. The van der Waals surface area contributed by atoms with Crippen LogP contribution in [-0.4, -0.2) is 71.7 Å². The Morgan fingerprint density at radius 1 is 0.800 bits per heavy atom. The summed E-state index contributed by atoms with van der Waals surface area (Å²) in [7, 11) is 0. The Bertz CT molecular complexity index is 1090. The summed E-state index contributed by atoms with van der Waals surface area (Å²) in [5, 5.41) is 26.8. The van der Waals surface area contributed by atoms with Crippen molar-refractivity contribution >= 4 is 23.7 Å². The van der Waals surface area contributed by atoms with Crippen LogP contribution in [0.4, 0.5) is 0 Å². The molecule has 0 unspecified atom stereocenters. The zero-order valence-electron chi connectivity index (χ0n) is 22.6. The number of aliphatic hydroxyl groups is 1. The van der Waals surface area contributed by atoms with Crippen LogP contribution in [-0.2, 0) is 27.2 Å². The molecule has 12 nitrogen and oxygen atoms in total. The van der Waals surface area contributed by atoms with Crippen LogP contribution < -0.4 is 33.2 Å². The lowest BCUT2D eigenvalue weighted by atomic mass is 10.0. The smallest absolute Gasteiger partial charge is 0.243 e. The average molecular weight is 556 g/mol. The van der Waals surface area contributed by atoms with E-state index in [0.717, 1.165) is 11.1 Å². The van der Waals surface area contributed by atoms with Gasteiger partial charge >= 0.3 is 0 Å². The van der Waals surface area contributed by atoms with Crippen molar-refractivity contribution in [1.82, 2.24) is 16.0 Å². The van der Waals surface area contributed by atoms with E-state index in [1.165, 1.54) is 12.1 Å². The molecule has 0 spiro atoms. The van der Waals surface area contributed by atoms with E-state index in [1.807, 2.05) is 30.3 Å². The number of hydrogen-bond donors (Lipinski definition) is 8. The third-order valence-corrected chi connectivity index (χ3v) is 6.11. The molecule has 0 aliphatic carbocycles. The van der Waals surface area contributed by atoms with Gasteiger partial charge in [0.1, 0.15) is 17.8 Å². The molecule has 0 saturated heterocycles. The number of aromatic hydroxyl groups is 1. The van der Waals surface area contributed by atoms with Gasteiger partial charge < -0.3 is 43.4 Å². The molecule has 2 aromatic carbocycles. The third kappa shape index (κ3) is 12.1. The molecule has 2 rings (SSSR count). The molecular formula is C28H41N7O5. The van der Waals surface area contributed by atoms with Crippen molar-refractivity contribution in [2.75, 3.05) is 19.7 Å². The number of nitrogens with two attached hydrogens (primary N) is 3. The number of carbonyl (C=O) groups is 3. The number of guanidine groups is 1. The minimum Gasteiger partial charge on any atom is -0.508 e. The van der Waals surface area contributed by atoms with Gasteiger partial charge in [0.25, 0.3) is 0 Å². The maximum Gasteiger partial charge on any atom is 0.243 e. The Morgan fingerprint density at radius 2 is 1.45 bits per heavy atom. The molecule has 218 valence electrons. The summed E-state index contributed by atoms with van der Waals surface area (Å²) < 4.78 is 0. The molecule has 0 aliphatic rings. The number of hydrogen-bond acceptors (Lipinski definition) is 7. The second-order valence-electron chi connectivity index (χ2n) is 9.46. The summed E-state index contributed by atoms with van der Waals surface area (Å²) >= 11 is 0. The van der Waals surface area contributed by atoms with Crippen molar-refractivity contribution in [3.05, 3.63) is 65.7 Å². The molecule has 0 heterocycles. The standard InChI is InChI=1S/C28H41N7O5/c29-22(17-20-10-12-21(37)13-11-20)25(38)34-23(9-6-15-33-28(30)31)27(40)35-24(18-19-7-2-1-3-8-19)26(39)32-14-4-5-16-36/h1-3,7-8,10-13,22-24,36-37H,4-6,9,14-18,29H2,(H,32,39)(H,34,38)(H,35,40)(H4,30,31,33)/t22-,23+,24-/m0/s1. The van der Waals surface area contributed by atoms with Crippen LogP contribution in [0, 0.1) is 0 Å². The molecule has 2 aromatic rings. The summed E-state index contributed by atoms with van der Waals surface area (Å²) in [6, 6.07) is 12.7. The lowest BCUT2D eigenvalue weighted by Crippen LogP contribution is -2.56. The summed E-state index contributed by atoms with van der Waals surface area (Å²) in [6.45, 7) is 0.627. The van der Waals surface area contributed by atoms with Crippen molar-refractivity contribution < 1.29 is 24.6 Å². The van der Waals surface area contributed by atoms with Crippen LogP contribution in [0.2, 0.25) is 0 Å². The van der Waals surface area contributed by atoms with Gasteiger partial charge in [0.15, 0.2) is 5.96 Å². The normalized spacial score (nSPS) is 12.9. The zero-order chi connectivity index (χ0) is 29.3. The first-order valence-corrected chi connectivity index (χ1v) is 13.3. The van der Waals surface area contributed by atoms with Crippen molar-refractivity contribution in [3.8, 4) is 5.75 Å². The fourth-order valence-corrected chi connectivity index (χ4v) is 3.93. The number of phenolic OH excluding ortho intramolecular Hbond substituents is 1. The van der Waals surface area contributed by atoms with Crippen LogP contribution in [0.1, 0.15) is 36.8 Å². The predicted octanol–water partition coefficient (Wildman–Crippen LogP) is -0.583. The van der Waals surface area contributed by atoms with E-state index in [1.54, 1.807) is 12.1 Å². The van der Waals surface area contributed by atoms with Crippen molar-refractivity contribution in [2.24, 2.45) is 22.2 Å². The molecule has 0 fully saturated rings. The Kier molecular flexibility index (Phi) is 14.0. The third-order valence-electron chi connectivity index (χ3n) is 6.11. The number of amides is 3. The van der Waals surface area contributed by atoms with Crippen LogP contribution in [0.15, 0.2) is 59.6 Å². The highest BCUT2D eigenvalue weighted by atomic mass is 16.3. The second kappa shape index (κ2) is 17.4. The molecule has 3 amide bonds. The molecule has 0 saturated carbocycles. The number of phenols is 1. The number of nitrogens with zero attached hydrogens (tertiary/aromatic N) is 1. The zero-order valence-corrected chi connectivity index (χ0v) is 22.6. The van der Waals surface area contributed by atoms with E-state index >= 15 is 0 Å². The average Bonchev–Trinajstić information content (AvgIpc) is 2.93. The number of rotatable bonds is 17. The molecule has 0 bridgehead atoms. The molecule has 40 heavy (non-hydrogen) atoms. The van der Waals surface area contributed by atoms with Gasteiger partial charge in [-0.2, -0.15) is 0 Å². The highest BCUT2D eigenvalue weighted by Gasteiger charge is 2.28. The number of carbonyl (C=O) groups excluding carboxylic acids is 3. The number of aliphatic imine (C=N–C) groups is 1. The molecule has 0 radical (unpaired) electrons. The van der Waals surface area contributed by atoms with E-state index in [9.17, 15) is 19.5 Å². The molecule has 11 N–H and O–H groups in total. The summed E-state index contributed by atoms with van der Waals surface area (Å²) in [5.41, 5.74) is 18.5. The topological polar surface area (TPSA) is 218 Å². The first-order valence-electron chi connectivity index (χ1n) is 13.3. The number of aliphatic hydroxyl groups excluding tert-OH is 1. The van der Waals surface area contributed by atoms with E-state index < -0.39 is 29.9 Å². The quantitative estimate of drug-likeness (QED) is 0.0715. The Hall–Kier alpha value is -4.16. The molecule has 12 heteroatoms. The van der Waals surface area contributed by atoms with E-state index in [-0.39, 0.29) is 50.0 Å². The van der Waals surface area contributed by atoms with Crippen LogP contribution in [0.5, 0.6) is 5.75 Å². The van der Waals surface area contributed by atoms with Gasteiger partial charge in [-0.15, -0.1) is 0 Å². The minimum absolute atomic E-state index is 0.0240. The molecule has 0 aromatic heterocycles. The van der Waals surface area contributed by atoms with E-state index in [2.05, 4.69) is 20.9 Å². The largest absolute Gasteiger partial charge is 0.508 e. The summed E-state index contributed by atoms with van der Waals surface area (Å²) in [5.74, 6) is -1.43. The number of nitrogens with one attached hydrogen (secondary N) is 3. The summed E-state index contributed by atoms with van der Waals surface area (Å²) in [6.07, 6.45) is 2.17. The van der Waals surface area contributed by atoms with Gasteiger partial charge in [-0.3, -0.25) is 19.4 Å². The summed E-state index contributed by atoms with van der Waals surface area (Å²) in [4.78, 5) is 43.3. The van der Waals surface area contributed by atoms with Crippen molar-refractivity contribution in [2.45, 2.75) is 56.7 Å². The fraction of sp³-hybridized carbons (Fsp3) is 0.429. The molecule has 3 atom stereocenters. The molecular weight excluding hydrogens is 514 g/mol. The maximum absolute atomic E-state index is 13.4.